The predicted molar refractivity (Wildman–Crippen MR) is 91.4 cm³/mol. The van der Waals surface area contributed by atoms with E-state index in [0.717, 1.165) is 19.8 Å². The monoisotopic (exact) mass is 371 g/mol. The summed E-state index contributed by atoms with van der Waals surface area (Å²) in [4.78, 5) is 17.4. The van der Waals surface area contributed by atoms with Crippen LogP contribution in [0, 0.1) is 0 Å². The molecule has 4 heterocycles. The van der Waals surface area contributed by atoms with Gasteiger partial charge < -0.3 is 10.6 Å². The van der Waals surface area contributed by atoms with E-state index >= 15 is 0 Å². The number of aromatic nitrogens is 1. The molecule has 2 aliphatic heterocycles. The van der Waals surface area contributed by atoms with Crippen LogP contribution in [0.15, 0.2) is 26.9 Å². The van der Waals surface area contributed by atoms with Crippen LogP contribution >= 0.6 is 46.0 Å². The molecule has 0 radical (unpaired) electrons. The minimum absolute atomic E-state index is 0.0355. The first kappa shape index (κ1) is 15.0. The molecule has 2 aromatic heterocycles. The van der Waals surface area contributed by atoms with Crippen molar-refractivity contribution in [2.75, 3.05) is 0 Å². The van der Waals surface area contributed by atoms with Gasteiger partial charge in [-0.05, 0) is 43.2 Å². The molecule has 2 bridgehead atoms. The van der Waals surface area contributed by atoms with Crippen molar-refractivity contribution in [1.82, 2.24) is 15.6 Å². The van der Waals surface area contributed by atoms with Crippen LogP contribution in [-0.4, -0.2) is 29.0 Å². The number of hydrogen-bond acceptors (Lipinski definition) is 6. The maximum atomic E-state index is 12.4. The molecule has 0 aromatic carbocycles. The third-order valence-corrected chi connectivity index (χ3v) is 7.47. The molecule has 116 valence electrons. The number of carbonyl (C=O) groups is 1. The second-order valence-electron chi connectivity index (χ2n) is 5.51. The Morgan fingerprint density at radius 3 is 3.00 bits per heavy atom. The van der Waals surface area contributed by atoms with E-state index < -0.39 is 0 Å². The van der Waals surface area contributed by atoms with Crippen molar-refractivity contribution >= 4 is 51.9 Å². The van der Waals surface area contributed by atoms with E-state index in [2.05, 4.69) is 15.6 Å². The second kappa shape index (κ2) is 6.13. The van der Waals surface area contributed by atoms with E-state index in [4.69, 9.17) is 11.6 Å². The highest BCUT2D eigenvalue weighted by Gasteiger charge is 2.39. The lowest BCUT2D eigenvalue weighted by Gasteiger charge is -2.20. The first-order valence-corrected chi connectivity index (χ1v) is 9.96. The van der Waals surface area contributed by atoms with E-state index in [1.54, 1.807) is 18.0 Å². The van der Waals surface area contributed by atoms with Crippen LogP contribution in [0.3, 0.4) is 0 Å². The largest absolute Gasteiger partial charge is 0.347 e. The van der Waals surface area contributed by atoms with Crippen LogP contribution in [0.1, 0.15) is 28.9 Å². The average molecular weight is 372 g/mol. The number of amides is 1. The molecule has 0 spiro atoms. The van der Waals surface area contributed by atoms with Gasteiger partial charge in [0.05, 0.1) is 15.3 Å². The van der Waals surface area contributed by atoms with E-state index in [-0.39, 0.29) is 11.9 Å². The highest BCUT2D eigenvalue weighted by molar-refractivity contribution is 8.02. The zero-order chi connectivity index (χ0) is 15.1. The summed E-state index contributed by atoms with van der Waals surface area (Å²) in [7, 11) is 0. The summed E-state index contributed by atoms with van der Waals surface area (Å²) in [5.41, 5.74) is 0. The Kier molecular flexibility index (Phi) is 4.17. The number of thiophene rings is 1. The molecular formula is C14H14ClN3OS3. The fourth-order valence-corrected chi connectivity index (χ4v) is 6.47. The minimum atomic E-state index is 0.0355. The van der Waals surface area contributed by atoms with Crippen LogP contribution in [0.4, 0.5) is 0 Å². The number of nitrogens with zero attached hydrogens (tertiary/aromatic N) is 1. The highest BCUT2D eigenvalue weighted by Crippen LogP contribution is 2.37. The second-order valence-corrected chi connectivity index (χ2v) is 9.81. The van der Waals surface area contributed by atoms with Crippen molar-refractivity contribution in [3.8, 4) is 0 Å². The lowest BCUT2D eigenvalue weighted by molar-refractivity contribution is 0.0935. The zero-order valence-corrected chi connectivity index (χ0v) is 14.7. The Morgan fingerprint density at radius 1 is 1.41 bits per heavy atom. The molecule has 0 unspecified atom stereocenters. The molecule has 2 aromatic rings. The summed E-state index contributed by atoms with van der Waals surface area (Å²) in [6, 6.07) is 5.19. The molecule has 22 heavy (non-hydrogen) atoms. The molecule has 8 heteroatoms. The lowest BCUT2D eigenvalue weighted by atomic mass is 9.95. The van der Waals surface area contributed by atoms with Crippen LogP contribution in [0.5, 0.6) is 0 Å². The number of nitrogens with one attached hydrogen (secondary N) is 2. The van der Waals surface area contributed by atoms with E-state index in [1.807, 2.05) is 12.1 Å². The number of carbonyl (C=O) groups excluding carboxylic acids is 1. The summed E-state index contributed by atoms with van der Waals surface area (Å²) in [6.07, 6.45) is 5.12. The molecule has 1 amide bonds. The van der Waals surface area contributed by atoms with E-state index in [1.165, 1.54) is 35.5 Å². The normalized spacial score (nSPS) is 26.5. The third kappa shape index (κ3) is 3.05. The highest BCUT2D eigenvalue weighted by atomic mass is 35.5. The van der Waals surface area contributed by atoms with Gasteiger partial charge in [-0.1, -0.05) is 22.9 Å². The van der Waals surface area contributed by atoms with Crippen LogP contribution in [0.25, 0.3) is 0 Å². The molecule has 3 atom stereocenters. The number of rotatable bonds is 4. The van der Waals surface area contributed by atoms with Gasteiger partial charge in [0.2, 0.25) is 0 Å². The molecule has 2 saturated heterocycles. The molecule has 2 N–H and O–H groups in total. The first-order valence-electron chi connectivity index (χ1n) is 7.13. The van der Waals surface area contributed by atoms with Gasteiger partial charge in [-0.3, -0.25) is 4.79 Å². The van der Waals surface area contributed by atoms with Gasteiger partial charge in [-0.25, -0.2) is 4.98 Å². The number of halogens is 1. The molecular weight excluding hydrogens is 358 g/mol. The molecule has 0 saturated carbocycles. The fourth-order valence-electron chi connectivity index (χ4n) is 3.09. The topological polar surface area (TPSA) is 54.0 Å². The van der Waals surface area contributed by atoms with Crippen molar-refractivity contribution < 1.29 is 4.79 Å². The molecule has 2 aliphatic rings. The Bertz CT molecular complexity index is 701. The van der Waals surface area contributed by atoms with E-state index in [0.29, 0.717) is 16.4 Å². The van der Waals surface area contributed by atoms with Gasteiger partial charge >= 0.3 is 0 Å². The van der Waals surface area contributed by atoms with E-state index in [9.17, 15) is 4.79 Å². The van der Waals surface area contributed by atoms with Crippen molar-refractivity contribution in [2.45, 2.75) is 45.9 Å². The van der Waals surface area contributed by atoms with Gasteiger partial charge in [0.15, 0.2) is 4.34 Å². The minimum Gasteiger partial charge on any atom is -0.347 e. The van der Waals surface area contributed by atoms with Gasteiger partial charge in [-0.2, -0.15) is 0 Å². The standard InChI is InChI=1S/C14H14ClN3OS3/c15-11-6-16-14(21-11)22-12-4-3-10(20-12)13(19)18-9-5-7-1-2-8(9)17-7/h3-4,6-9,17H,1-2,5H2,(H,18,19)/t7-,8+,9-/m1/s1. The summed E-state index contributed by atoms with van der Waals surface area (Å²) in [5.74, 6) is 0.0355. The number of fused-ring (bicyclic) bond motifs is 2. The van der Waals surface area contributed by atoms with Crippen molar-refractivity contribution in [3.05, 3.63) is 27.5 Å². The number of hydrogen-bond donors (Lipinski definition) is 2. The summed E-state index contributed by atoms with van der Waals surface area (Å²) < 4.78 is 2.64. The van der Waals surface area contributed by atoms with Gasteiger partial charge in [-0.15, -0.1) is 11.3 Å². The van der Waals surface area contributed by atoms with Gasteiger partial charge in [0.1, 0.15) is 4.34 Å². The Balaban J connectivity index is 1.39. The van der Waals surface area contributed by atoms with Crippen LogP contribution < -0.4 is 10.6 Å². The molecule has 2 fully saturated rings. The Morgan fingerprint density at radius 2 is 2.32 bits per heavy atom. The quantitative estimate of drug-likeness (QED) is 0.861. The third-order valence-electron chi connectivity index (χ3n) is 4.07. The SMILES string of the molecule is O=C(N[C@@H]1C[C@H]2CC[C@@H]1N2)c1ccc(Sc2ncc(Cl)s2)s1. The smallest absolute Gasteiger partial charge is 0.261 e. The maximum Gasteiger partial charge on any atom is 0.261 e. The van der Waals surface area contributed by atoms with Crippen LogP contribution in [0.2, 0.25) is 4.34 Å². The summed E-state index contributed by atoms with van der Waals surface area (Å²) in [5, 5.41) is 6.71. The Hall–Kier alpha value is -0.600. The van der Waals surface area contributed by atoms with Gasteiger partial charge in [0.25, 0.3) is 5.91 Å². The van der Waals surface area contributed by atoms with Crippen molar-refractivity contribution in [1.29, 1.82) is 0 Å². The molecule has 4 nitrogen and oxygen atoms in total. The van der Waals surface area contributed by atoms with Crippen LogP contribution in [-0.2, 0) is 0 Å². The fraction of sp³-hybridized carbons (Fsp3) is 0.429. The zero-order valence-electron chi connectivity index (χ0n) is 11.5. The van der Waals surface area contributed by atoms with Crippen molar-refractivity contribution in [3.63, 3.8) is 0 Å². The first-order chi connectivity index (χ1) is 10.7. The average Bonchev–Trinajstić information content (AvgIpc) is 3.24. The van der Waals surface area contributed by atoms with Gasteiger partial charge in [0, 0.05) is 18.1 Å². The predicted octanol–water partition coefficient (Wildman–Crippen LogP) is 3.63. The Labute approximate surface area is 145 Å². The molecule has 4 rings (SSSR count). The molecule has 0 aliphatic carbocycles. The summed E-state index contributed by atoms with van der Waals surface area (Å²) >= 11 is 10.4. The van der Waals surface area contributed by atoms with Crippen molar-refractivity contribution in [2.24, 2.45) is 0 Å². The lowest BCUT2D eigenvalue weighted by Crippen LogP contribution is -2.42. The summed E-state index contributed by atoms with van der Waals surface area (Å²) in [6.45, 7) is 0. The number of thiazole rings is 1. The maximum absolute atomic E-state index is 12.4.